The van der Waals surface area contributed by atoms with Gasteiger partial charge in [-0.1, -0.05) is 121 Å². The molecule has 0 bridgehead atoms. The van der Waals surface area contributed by atoms with Crippen LogP contribution >= 0.6 is 11.3 Å². The van der Waals surface area contributed by atoms with Gasteiger partial charge in [-0.2, -0.15) is 0 Å². The van der Waals surface area contributed by atoms with E-state index in [1.165, 1.54) is 41.9 Å². The van der Waals surface area contributed by atoms with Crippen LogP contribution in [0.4, 0.5) is 0 Å². The molecule has 0 spiro atoms. The van der Waals surface area contributed by atoms with Gasteiger partial charge in [0, 0.05) is 47.5 Å². The largest absolute Gasteiger partial charge is 0.227 e. The Morgan fingerprint density at radius 2 is 1.07 bits per heavy atom. The van der Waals surface area contributed by atoms with Crippen LogP contribution in [0, 0.1) is 0 Å². The molecule has 0 aliphatic rings. The van der Waals surface area contributed by atoms with Crippen molar-refractivity contribution in [2.45, 2.75) is 0 Å². The molecular weight excluding hydrogens is 541 g/mol. The van der Waals surface area contributed by atoms with Crippen LogP contribution in [0.2, 0.25) is 0 Å². The molecule has 0 fully saturated rings. The summed E-state index contributed by atoms with van der Waals surface area (Å²) in [7, 11) is 0. The molecule has 0 aliphatic heterocycles. The second-order valence-corrected chi connectivity index (χ2v) is 12.1. The lowest BCUT2D eigenvalue weighted by atomic mass is 9.98. The van der Waals surface area contributed by atoms with Crippen molar-refractivity contribution in [3.05, 3.63) is 146 Å². The van der Waals surface area contributed by atoms with Gasteiger partial charge >= 0.3 is 0 Å². The first kappa shape index (κ1) is 24.2. The molecule has 43 heavy (non-hydrogen) atoms. The Bertz CT molecular complexity index is 2510. The summed E-state index contributed by atoms with van der Waals surface area (Å²) in [5.74, 6) is 0.734. The second-order valence-electron chi connectivity index (χ2n) is 11.0. The minimum atomic E-state index is 0.734. The van der Waals surface area contributed by atoms with Gasteiger partial charge in [-0.3, -0.25) is 0 Å². The minimum Gasteiger partial charge on any atom is -0.227 e. The molecule has 0 saturated heterocycles. The van der Waals surface area contributed by atoms with E-state index < -0.39 is 0 Å². The SMILES string of the molecule is c1ccc(-c2nc(-c3cccc(-c4ccc5ccc6c7ccccc7sc6c5c4)c3)nc3c2ccc2ccccc23)cc1. The smallest absolute Gasteiger partial charge is 0.160 e. The molecule has 0 amide bonds. The molecule has 0 radical (unpaired) electrons. The van der Waals surface area contributed by atoms with Crippen LogP contribution in [0.5, 0.6) is 0 Å². The third-order valence-electron chi connectivity index (χ3n) is 8.45. The van der Waals surface area contributed by atoms with E-state index in [2.05, 4.69) is 140 Å². The molecule has 7 aromatic carbocycles. The Kier molecular flexibility index (Phi) is 5.40. The Hall–Kier alpha value is -5.38. The van der Waals surface area contributed by atoms with E-state index >= 15 is 0 Å². The molecule has 2 nitrogen and oxygen atoms in total. The third-order valence-corrected chi connectivity index (χ3v) is 9.67. The number of nitrogens with zero attached hydrogens (tertiary/aromatic N) is 2. The monoisotopic (exact) mass is 564 g/mol. The average Bonchev–Trinajstić information content (AvgIpc) is 3.47. The van der Waals surface area contributed by atoms with Gasteiger partial charge in [0.15, 0.2) is 5.82 Å². The van der Waals surface area contributed by atoms with Gasteiger partial charge in [-0.25, -0.2) is 9.97 Å². The number of benzene rings is 7. The van der Waals surface area contributed by atoms with Crippen molar-refractivity contribution in [2.75, 3.05) is 0 Å². The number of thiophene rings is 1. The summed E-state index contributed by atoms with van der Waals surface area (Å²) in [6.45, 7) is 0. The van der Waals surface area contributed by atoms with Gasteiger partial charge in [0.1, 0.15) is 0 Å². The van der Waals surface area contributed by atoms with Gasteiger partial charge in [0.2, 0.25) is 0 Å². The quantitative estimate of drug-likeness (QED) is 0.199. The first-order valence-corrected chi connectivity index (χ1v) is 15.3. The van der Waals surface area contributed by atoms with Crippen molar-refractivity contribution >= 4 is 64.0 Å². The standard InChI is InChI=1S/C40H24N2S/c1-2-10-27(11-3-1)37-34-22-20-25-9-4-5-14-31(25)38(34)42-40(41-37)30-13-8-12-28(23-30)29-18-17-26-19-21-33-32-15-6-7-16-36(32)43-39(33)35(26)24-29/h1-24H. The number of rotatable bonds is 3. The van der Waals surface area contributed by atoms with E-state index in [9.17, 15) is 0 Å². The molecule has 2 aromatic heterocycles. The van der Waals surface area contributed by atoms with E-state index in [1.54, 1.807) is 0 Å². The summed E-state index contributed by atoms with van der Waals surface area (Å²) >= 11 is 1.88. The van der Waals surface area contributed by atoms with Crippen LogP contribution in [-0.2, 0) is 0 Å². The van der Waals surface area contributed by atoms with Crippen LogP contribution in [0.3, 0.4) is 0 Å². The fraction of sp³-hybridized carbons (Fsp3) is 0. The fourth-order valence-corrected chi connectivity index (χ4v) is 7.56. The van der Waals surface area contributed by atoms with Crippen molar-refractivity contribution in [2.24, 2.45) is 0 Å². The topological polar surface area (TPSA) is 25.8 Å². The maximum absolute atomic E-state index is 5.20. The lowest BCUT2D eigenvalue weighted by molar-refractivity contribution is 1.23. The van der Waals surface area contributed by atoms with E-state index in [0.29, 0.717) is 0 Å². The highest BCUT2D eigenvalue weighted by atomic mass is 32.1. The predicted octanol–water partition coefficient (Wildman–Crippen LogP) is 11.3. The summed E-state index contributed by atoms with van der Waals surface area (Å²) in [6, 6.07) is 51.9. The maximum Gasteiger partial charge on any atom is 0.160 e. The van der Waals surface area contributed by atoms with Gasteiger partial charge < -0.3 is 0 Å². The van der Waals surface area contributed by atoms with E-state index in [4.69, 9.17) is 9.97 Å². The minimum absolute atomic E-state index is 0.734. The highest BCUT2D eigenvalue weighted by Crippen LogP contribution is 2.40. The normalized spacial score (nSPS) is 11.7. The van der Waals surface area contributed by atoms with Gasteiger partial charge in [0.05, 0.1) is 11.2 Å². The fourth-order valence-electron chi connectivity index (χ4n) is 6.33. The lowest BCUT2D eigenvalue weighted by Crippen LogP contribution is -1.96. The van der Waals surface area contributed by atoms with Crippen molar-refractivity contribution in [3.63, 3.8) is 0 Å². The second kappa shape index (κ2) is 9.59. The summed E-state index contributed by atoms with van der Waals surface area (Å²) < 4.78 is 2.67. The zero-order valence-corrected chi connectivity index (χ0v) is 24.0. The average molecular weight is 565 g/mol. The summed E-state index contributed by atoms with van der Waals surface area (Å²) in [5, 5.41) is 8.58. The maximum atomic E-state index is 5.20. The number of hydrogen-bond donors (Lipinski definition) is 0. The van der Waals surface area contributed by atoms with Gasteiger partial charge in [-0.05, 0) is 46.2 Å². The Balaban J connectivity index is 1.24. The Morgan fingerprint density at radius 1 is 0.395 bits per heavy atom. The summed E-state index contributed by atoms with van der Waals surface area (Å²) in [4.78, 5) is 10.4. The Morgan fingerprint density at radius 3 is 1.98 bits per heavy atom. The predicted molar refractivity (Wildman–Crippen MR) is 184 cm³/mol. The molecule has 0 N–H and O–H groups in total. The van der Waals surface area contributed by atoms with Crippen molar-refractivity contribution in [3.8, 4) is 33.8 Å². The van der Waals surface area contributed by atoms with Crippen LogP contribution in [0.1, 0.15) is 0 Å². The zero-order valence-electron chi connectivity index (χ0n) is 23.2. The third kappa shape index (κ3) is 3.93. The van der Waals surface area contributed by atoms with Crippen molar-refractivity contribution in [1.29, 1.82) is 0 Å². The van der Waals surface area contributed by atoms with Crippen LogP contribution < -0.4 is 0 Å². The van der Waals surface area contributed by atoms with Gasteiger partial charge in [-0.15, -0.1) is 11.3 Å². The number of hydrogen-bond acceptors (Lipinski definition) is 3. The molecule has 0 unspecified atom stereocenters. The van der Waals surface area contributed by atoms with Crippen molar-refractivity contribution in [1.82, 2.24) is 9.97 Å². The molecule has 0 atom stereocenters. The highest BCUT2D eigenvalue weighted by molar-refractivity contribution is 7.26. The van der Waals surface area contributed by atoms with Crippen LogP contribution in [0.25, 0.3) is 86.4 Å². The zero-order chi connectivity index (χ0) is 28.3. The summed E-state index contributed by atoms with van der Waals surface area (Å²) in [5.41, 5.74) is 6.36. The number of fused-ring (bicyclic) bond motifs is 8. The molecular formula is C40H24N2S. The molecule has 0 saturated carbocycles. The highest BCUT2D eigenvalue weighted by Gasteiger charge is 2.15. The Labute approximate surface area is 252 Å². The lowest BCUT2D eigenvalue weighted by Gasteiger charge is -2.12. The van der Waals surface area contributed by atoms with Gasteiger partial charge in [0.25, 0.3) is 0 Å². The van der Waals surface area contributed by atoms with Crippen LogP contribution in [0.15, 0.2) is 146 Å². The first-order chi connectivity index (χ1) is 21.3. The summed E-state index contributed by atoms with van der Waals surface area (Å²) in [6.07, 6.45) is 0. The van der Waals surface area contributed by atoms with Crippen molar-refractivity contribution < 1.29 is 0 Å². The van der Waals surface area contributed by atoms with E-state index in [-0.39, 0.29) is 0 Å². The van der Waals surface area contributed by atoms with E-state index in [1.807, 2.05) is 17.4 Å². The molecule has 0 aliphatic carbocycles. The molecule has 3 heteroatoms. The van der Waals surface area contributed by atoms with E-state index in [0.717, 1.165) is 44.5 Å². The molecule has 9 aromatic rings. The molecule has 200 valence electrons. The number of aromatic nitrogens is 2. The first-order valence-electron chi connectivity index (χ1n) is 14.5. The molecule has 9 rings (SSSR count). The van der Waals surface area contributed by atoms with Crippen LogP contribution in [-0.4, -0.2) is 9.97 Å². The molecule has 2 heterocycles.